The Morgan fingerprint density at radius 3 is 2.47 bits per heavy atom. The topological polar surface area (TPSA) is 72.2 Å². The third-order valence-corrected chi connectivity index (χ3v) is 2.08. The van der Waals surface area contributed by atoms with E-state index in [9.17, 15) is 9.59 Å². The number of carbonyl (C=O) groups excluding carboxylic acids is 2. The van der Waals surface area contributed by atoms with E-state index in [1.165, 1.54) is 0 Å². The molecule has 15 heavy (non-hydrogen) atoms. The lowest BCUT2D eigenvalue weighted by molar-refractivity contribution is -0.123. The standard InChI is InChI=1S/C11H14N2O2/c1-8(10(14)13-11(12)15)7-9-5-3-2-4-6-9/h2-6,8H,7H2,1H3,(H3,12,13,14,15). The second-order valence-electron chi connectivity index (χ2n) is 3.44. The highest BCUT2D eigenvalue weighted by atomic mass is 16.2. The number of primary amides is 1. The molecule has 1 aromatic rings. The minimum Gasteiger partial charge on any atom is -0.351 e. The molecule has 80 valence electrons. The van der Waals surface area contributed by atoms with Crippen molar-refractivity contribution in [3.63, 3.8) is 0 Å². The van der Waals surface area contributed by atoms with Gasteiger partial charge in [-0.3, -0.25) is 10.1 Å². The van der Waals surface area contributed by atoms with Gasteiger partial charge in [0, 0.05) is 5.92 Å². The van der Waals surface area contributed by atoms with Crippen LogP contribution in [0.5, 0.6) is 0 Å². The van der Waals surface area contributed by atoms with Gasteiger partial charge in [0.15, 0.2) is 0 Å². The van der Waals surface area contributed by atoms with Crippen LogP contribution < -0.4 is 11.1 Å². The molecule has 1 atom stereocenters. The lowest BCUT2D eigenvalue weighted by Crippen LogP contribution is -2.38. The molecule has 1 unspecified atom stereocenters. The van der Waals surface area contributed by atoms with Gasteiger partial charge in [0.25, 0.3) is 0 Å². The fraction of sp³-hybridized carbons (Fsp3) is 0.273. The smallest absolute Gasteiger partial charge is 0.318 e. The summed E-state index contributed by atoms with van der Waals surface area (Å²) in [5, 5.41) is 2.06. The first-order valence-electron chi connectivity index (χ1n) is 4.74. The quantitative estimate of drug-likeness (QED) is 0.776. The van der Waals surface area contributed by atoms with E-state index in [1.54, 1.807) is 6.92 Å². The van der Waals surface area contributed by atoms with E-state index in [1.807, 2.05) is 30.3 Å². The van der Waals surface area contributed by atoms with Crippen LogP contribution in [0, 0.1) is 5.92 Å². The van der Waals surface area contributed by atoms with Crippen molar-refractivity contribution < 1.29 is 9.59 Å². The highest BCUT2D eigenvalue weighted by molar-refractivity contribution is 5.94. The summed E-state index contributed by atoms with van der Waals surface area (Å²) < 4.78 is 0. The first-order chi connectivity index (χ1) is 7.09. The number of hydrogen-bond acceptors (Lipinski definition) is 2. The summed E-state index contributed by atoms with van der Waals surface area (Å²) in [4.78, 5) is 21.8. The molecule has 0 saturated carbocycles. The Hall–Kier alpha value is -1.84. The van der Waals surface area contributed by atoms with Gasteiger partial charge < -0.3 is 5.73 Å². The van der Waals surface area contributed by atoms with Crippen LogP contribution >= 0.6 is 0 Å². The molecule has 0 aliphatic rings. The fourth-order valence-corrected chi connectivity index (χ4v) is 1.30. The second kappa shape index (κ2) is 5.14. The summed E-state index contributed by atoms with van der Waals surface area (Å²) in [7, 11) is 0. The second-order valence-corrected chi connectivity index (χ2v) is 3.44. The van der Waals surface area contributed by atoms with Crippen LogP contribution in [0.3, 0.4) is 0 Å². The predicted molar refractivity (Wildman–Crippen MR) is 57.0 cm³/mol. The van der Waals surface area contributed by atoms with Crippen molar-refractivity contribution in [2.45, 2.75) is 13.3 Å². The van der Waals surface area contributed by atoms with Crippen molar-refractivity contribution in [1.29, 1.82) is 0 Å². The number of hydrogen-bond donors (Lipinski definition) is 2. The minimum absolute atomic E-state index is 0.264. The lowest BCUT2D eigenvalue weighted by atomic mass is 10.0. The minimum atomic E-state index is -0.806. The van der Waals surface area contributed by atoms with E-state index in [0.717, 1.165) is 5.56 Å². The third kappa shape index (κ3) is 3.81. The molecule has 0 saturated heterocycles. The number of urea groups is 1. The van der Waals surface area contributed by atoms with Gasteiger partial charge in [-0.1, -0.05) is 37.3 Å². The summed E-state index contributed by atoms with van der Waals surface area (Å²) in [6.07, 6.45) is 0.597. The number of rotatable bonds is 3. The van der Waals surface area contributed by atoms with Gasteiger partial charge in [-0.15, -0.1) is 0 Å². The molecule has 1 aromatic carbocycles. The number of carbonyl (C=O) groups is 2. The van der Waals surface area contributed by atoms with Crippen molar-refractivity contribution in [2.75, 3.05) is 0 Å². The summed E-state index contributed by atoms with van der Waals surface area (Å²) in [5.74, 6) is -0.605. The molecule has 4 heteroatoms. The Labute approximate surface area is 88.5 Å². The molecule has 0 spiro atoms. The molecule has 3 amide bonds. The van der Waals surface area contributed by atoms with Gasteiger partial charge in [-0.2, -0.15) is 0 Å². The van der Waals surface area contributed by atoms with E-state index in [0.29, 0.717) is 6.42 Å². The summed E-state index contributed by atoms with van der Waals surface area (Å²) in [6, 6.07) is 8.81. The maximum atomic E-state index is 11.3. The predicted octanol–water partition coefficient (Wildman–Crippen LogP) is 1.06. The van der Waals surface area contributed by atoms with E-state index in [4.69, 9.17) is 5.73 Å². The van der Waals surface area contributed by atoms with Crippen LogP contribution in [0.25, 0.3) is 0 Å². The molecule has 0 heterocycles. The highest BCUT2D eigenvalue weighted by Gasteiger charge is 2.14. The van der Waals surface area contributed by atoms with E-state index in [-0.39, 0.29) is 11.8 Å². The van der Waals surface area contributed by atoms with Gasteiger partial charge in [0.2, 0.25) is 5.91 Å². The van der Waals surface area contributed by atoms with Gasteiger partial charge in [0.1, 0.15) is 0 Å². The van der Waals surface area contributed by atoms with Gasteiger partial charge >= 0.3 is 6.03 Å². The summed E-state index contributed by atoms with van der Waals surface area (Å²) >= 11 is 0. The molecule has 0 radical (unpaired) electrons. The normalized spacial score (nSPS) is 11.8. The van der Waals surface area contributed by atoms with E-state index >= 15 is 0 Å². The molecule has 0 aliphatic carbocycles. The molecule has 0 aliphatic heterocycles. The largest absolute Gasteiger partial charge is 0.351 e. The Balaban J connectivity index is 2.52. The van der Waals surface area contributed by atoms with Crippen molar-refractivity contribution in [3.05, 3.63) is 35.9 Å². The zero-order chi connectivity index (χ0) is 11.3. The molecule has 3 N–H and O–H groups in total. The number of nitrogens with two attached hydrogens (primary N) is 1. The highest BCUT2D eigenvalue weighted by Crippen LogP contribution is 2.07. The van der Waals surface area contributed by atoms with Crippen LogP contribution in [0.1, 0.15) is 12.5 Å². The maximum Gasteiger partial charge on any atom is 0.318 e. The monoisotopic (exact) mass is 206 g/mol. The van der Waals surface area contributed by atoms with Crippen LogP contribution in [0.2, 0.25) is 0 Å². The molecular weight excluding hydrogens is 192 g/mol. The molecule has 0 fully saturated rings. The van der Waals surface area contributed by atoms with Crippen LogP contribution in [0.15, 0.2) is 30.3 Å². The third-order valence-electron chi connectivity index (χ3n) is 2.08. The van der Waals surface area contributed by atoms with Crippen molar-refractivity contribution in [1.82, 2.24) is 5.32 Å². The average molecular weight is 206 g/mol. The van der Waals surface area contributed by atoms with Crippen LogP contribution in [-0.4, -0.2) is 11.9 Å². The molecular formula is C11H14N2O2. The summed E-state index contributed by atoms with van der Waals surface area (Å²) in [6.45, 7) is 1.76. The number of nitrogens with one attached hydrogen (secondary N) is 1. The molecule has 4 nitrogen and oxygen atoms in total. The van der Waals surface area contributed by atoms with Crippen LogP contribution in [0.4, 0.5) is 4.79 Å². The zero-order valence-electron chi connectivity index (χ0n) is 8.57. The SMILES string of the molecule is CC(Cc1ccccc1)C(=O)NC(N)=O. The Morgan fingerprint density at radius 1 is 1.33 bits per heavy atom. The van der Waals surface area contributed by atoms with Crippen molar-refractivity contribution in [2.24, 2.45) is 11.7 Å². The average Bonchev–Trinajstić information content (AvgIpc) is 2.18. The van der Waals surface area contributed by atoms with E-state index < -0.39 is 6.03 Å². The van der Waals surface area contributed by atoms with Crippen molar-refractivity contribution >= 4 is 11.9 Å². The van der Waals surface area contributed by atoms with E-state index in [2.05, 4.69) is 5.32 Å². The molecule has 1 rings (SSSR count). The van der Waals surface area contributed by atoms with Gasteiger partial charge in [-0.25, -0.2) is 4.79 Å². The van der Waals surface area contributed by atoms with Crippen molar-refractivity contribution in [3.8, 4) is 0 Å². The number of amides is 3. The lowest BCUT2D eigenvalue weighted by Gasteiger charge is -2.09. The molecule has 0 aromatic heterocycles. The van der Waals surface area contributed by atoms with Gasteiger partial charge in [0.05, 0.1) is 0 Å². The molecule has 0 bridgehead atoms. The first-order valence-corrected chi connectivity index (χ1v) is 4.74. The fourth-order valence-electron chi connectivity index (χ4n) is 1.30. The first kappa shape index (κ1) is 11.2. The summed E-state index contributed by atoms with van der Waals surface area (Å²) in [5.41, 5.74) is 5.91. The Bertz CT molecular complexity index is 349. The van der Waals surface area contributed by atoms with Gasteiger partial charge in [-0.05, 0) is 12.0 Å². The van der Waals surface area contributed by atoms with Crippen LogP contribution in [-0.2, 0) is 11.2 Å². The number of imide groups is 1. The maximum absolute atomic E-state index is 11.3. The Kier molecular flexibility index (Phi) is 3.85. The Morgan fingerprint density at radius 2 is 1.93 bits per heavy atom. The number of benzene rings is 1. The zero-order valence-corrected chi connectivity index (χ0v) is 8.57.